The molecule has 0 bridgehead atoms. The fraction of sp³-hybridized carbons (Fsp3) is 0.512. The topological polar surface area (TPSA) is 155 Å². The molecule has 1 saturated heterocycles. The Morgan fingerprint density at radius 2 is 1.65 bits per heavy atom. The molecule has 2 aromatic rings. The third-order valence-corrected chi connectivity index (χ3v) is 12.3. The summed E-state index contributed by atoms with van der Waals surface area (Å²) in [6.07, 6.45) is 7.93. The van der Waals surface area contributed by atoms with Crippen LogP contribution in [0.3, 0.4) is 0 Å². The lowest BCUT2D eigenvalue weighted by atomic mass is 9.99. The number of carbonyl (C=O) groups is 3. The fourth-order valence-electron chi connectivity index (χ4n) is 7.21. The van der Waals surface area contributed by atoms with Crippen LogP contribution >= 0.6 is 0 Å². The van der Waals surface area contributed by atoms with E-state index < -0.39 is 56.7 Å². The van der Waals surface area contributed by atoms with Gasteiger partial charge in [0.2, 0.25) is 21.8 Å². The molecule has 290 valence electrons. The van der Waals surface area contributed by atoms with Gasteiger partial charge in [0.1, 0.15) is 29.4 Å². The van der Waals surface area contributed by atoms with E-state index in [0.717, 1.165) is 47.9 Å². The predicted octanol–water partition coefficient (Wildman–Crippen LogP) is 5.15. The molecule has 54 heavy (non-hydrogen) atoms. The van der Waals surface area contributed by atoms with E-state index in [1.807, 2.05) is 75.4 Å². The summed E-state index contributed by atoms with van der Waals surface area (Å²) in [5.74, 6) is -2.19. The molecular weight excluding hydrogens is 707 g/mol. The van der Waals surface area contributed by atoms with Gasteiger partial charge in [-0.15, -0.1) is 13.2 Å². The number of hydrogen-bond donors (Lipinski definition) is 3. The molecule has 0 spiro atoms. The maximum Gasteiger partial charge on any atom is 0.259 e. The Morgan fingerprint density at radius 3 is 2.22 bits per heavy atom. The van der Waals surface area contributed by atoms with Crippen molar-refractivity contribution < 1.29 is 32.5 Å². The summed E-state index contributed by atoms with van der Waals surface area (Å²) in [5.41, 5.74) is 5.94. The zero-order valence-corrected chi connectivity index (χ0v) is 32.3. The Balaban J connectivity index is 1.25. The zero-order valence-electron chi connectivity index (χ0n) is 31.5. The second-order valence-electron chi connectivity index (χ2n) is 16.1. The molecule has 4 aliphatic rings. The van der Waals surface area contributed by atoms with Gasteiger partial charge in [-0.3, -0.25) is 19.1 Å². The van der Waals surface area contributed by atoms with E-state index >= 15 is 0 Å². The molecule has 6 rings (SSSR count). The highest BCUT2D eigenvalue weighted by atomic mass is 32.2. The average molecular weight is 760 g/mol. The zero-order chi connectivity index (χ0) is 38.7. The molecule has 12 nitrogen and oxygen atoms in total. The Morgan fingerprint density at radius 1 is 1.00 bits per heavy atom. The maximum atomic E-state index is 14.5. The molecule has 2 saturated carbocycles. The van der Waals surface area contributed by atoms with Crippen LogP contribution in [-0.4, -0.2) is 78.9 Å². The van der Waals surface area contributed by atoms with Crippen molar-refractivity contribution in [2.45, 2.75) is 108 Å². The molecule has 3 amide bonds. The van der Waals surface area contributed by atoms with Crippen molar-refractivity contribution in [3.8, 4) is 11.1 Å². The highest BCUT2D eigenvalue weighted by Crippen LogP contribution is 2.45. The van der Waals surface area contributed by atoms with Crippen molar-refractivity contribution in [1.82, 2.24) is 20.4 Å². The number of allylic oxidation sites excluding steroid dienone is 1. The van der Waals surface area contributed by atoms with Crippen LogP contribution in [0.4, 0.5) is 0 Å². The predicted molar refractivity (Wildman–Crippen MR) is 207 cm³/mol. The number of fused-ring (bicyclic) bond motifs is 3. The lowest BCUT2D eigenvalue weighted by Crippen LogP contribution is -2.58. The minimum absolute atomic E-state index is 0.0606. The van der Waals surface area contributed by atoms with Crippen molar-refractivity contribution in [3.05, 3.63) is 85.0 Å². The quantitative estimate of drug-likeness (QED) is 0.0915. The number of carbonyl (C=O) groups excluding carboxylic acids is 3. The molecule has 0 aromatic heterocycles. The molecule has 13 heteroatoms. The average Bonchev–Trinajstić information content (AvgIpc) is 4.05. The van der Waals surface area contributed by atoms with Crippen LogP contribution < -0.4 is 15.5 Å². The SMILES string of the molecule is C=CCCCCCC(NOCC(C)(C)C)C(=O)N1C[C@H](ON=C2c3ccccc3-c3ccccc32)C[C@H]1C(=O)N[C@]1(C(=O)NS(=O)(=O)C2CC2)C[C@H]1C=C. The van der Waals surface area contributed by atoms with Crippen molar-refractivity contribution in [3.63, 3.8) is 0 Å². The number of unbranched alkanes of at least 4 members (excludes halogenated alkanes) is 3. The van der Waals surface area contributed by atoms with Crippen molar-refractivity contribution in [2.75, 3.05) is 13.2 Å². The standard InChI is InChI=1S/C41H53N5O7S/c1-6-8-9-10-11-20-34(43-52-26-40(3,4)5)38(48)46-25-28(53-44-36-32-18-14-12-16-30(32)31-17-13-15-19-33(31)36)23-35(46)37(47)42-41(24-27(41)7-2)39(49)45-54(50,51)29-21-22-29/h6-7,12-19,27-29,34-35,43H,1-2,8-11,20-26H2,3-5H3,(H,42,47)(H,45,49)/t27-,28-,34?,35+,41-/m1/s1. The first-order valence-corrected chi connectivity index (χ1v) is 20.5. The number of oxime groups is 1. The molecule has 1 aliphatic heterocycles. The number of benzene rings is 2. The van der Waals surface area contributed by atoms with E-state index in [4.69, 9.17) is 9.68 Å². The number of sulfonamides is 1. The van der Waals surface area contributed by atoms with Gasteiger partial charge >= 0.3 is 0 Å². The largest absolute Gasteiger partial charge is 0.390 e. The van der Waals surface area contributed by atoms with Crippen molar-refractivity contribution in [1.29, 1.82) is 0 Å². The van der Waals surface area contributed by atoms with E-state index in [-0.39, 0.29) is 30.7 Å². The Hall–Kier alpha value is -4.33. The number of hydroxylamine groups is 1. The van der Waals surface area contributed by atoms with Gasteiger partial charge in [0.15, 0.2) is 0 Å². The van der Waals surface area contributed by atoms with Crippen LogP contribution in [0.1, 0.15) is 89.7 Å². The normalized spacial score (nSPS) is 23.5. The molecule has 3 N–H and O–H groups in total. The minimum Gasteiger partial charge on any atom is -0.390 e. The molecule has 0 radical (unpaired) electrons. The smallest absolute Gasteiger partial charge is 0.259 e. The van der Waals surface area contributed by atoms with E-state index in [1.54, 1.807) is 6.08 Å². The van der Waals surface area contributed by atoms with Crippen molar-refractivity contribution >= 4 is 33.5 Å². The molecule has 1 heterocycles. The number of nitrogens with zero attached hydrogens (tertiary/aromatic N) is 2. The Labute approximate surface area is 318 Å². The van der Waals surface area contributed by atoms with Gasteiger partial charge in [-0.05, 0) is 55.1 Å². The van der Waals surface area contributed by atoms with Gasteiger partial charge in [0.05, 0.1) is 18.4 Å². The number of nitrogens with one attached hydrogen (secondary N) is 3. The summed E-state index contributed by atoms with van der Waals surface area (Å²) in [7, 11) is -3.86. The van der Waals surface area contributed by atoms with Crippen LogP contribution in [0.5, 0.6) is 0 Å². The first-order chi connectivity index (χ1) is 25.8. The lowest BCUT2D eigenvalue weighted by Gasteiger charge is -2.30. The third kappa shape index (κ3) is 8.79. The van der Waals surface area contributed by atoms with Crippen LogP contribution in [0.2, 0.25) is 0 Å². The summed E-state index contributed by atoms with van der Waals surface area (Å²) >= 11 is 0. The van der Waals surface area contributed by atoms with Gasteiger partial charge in [-0.25, -0.2) is 8.42 Å². The molecule has 5 atom stereocenters. The van der Waals surface area contributed by atoms with E-state index in [1.165, 1.54) is 4.90 Å². The summed E-state index contributed by atoms with van der Waals surface area (Å²) in [6.45, 7) is 14.1. The minimum atomic E-state index is -3.86. The van der Waals surface area contributed by atoms with Gasteiger partial charge in [-0.1, -0.05) is 99.5 Å². The van der Waals surface area contributed by atoms with Gasteiger partial charge in [-0.2, -0.15) is 5.48 Å². The van der Waals surface area contributed by atoms with E-state index in [2.05, 4.69) is 33.8 Å². The molecule has 3 fully saturated rings. The number of hydrogen-bond acceptors (Lipinski definition) is 9. The summed E-state index contributed by atoms with van der Waals surface area (Å²) < 4.78 is 27.6. The monoisotopic (exact) mass is 759 g/mol. The molecule has 2 aromatic carbocycles. The van der Waals surface area contributed by atoms with Crippen LogP contribution in [-0.2, 0) is 34.1 Å². The number of amides is 3. The van der Waals surface area contributed by atoms with Crippen LogP contribution in [0.15, 0.2) is 79.0 Å². The number of rotatable bonds is 18. The number of likely N-dealkylation sites (tertiary alicyclic amines) is 1. The summed E-state index contributed by atoms with van der Waals surface area (Å²) in [5, 5.41) is 6.88. The van der Waals surface area contributed by atoms with Crippen LogP contribution in [0, 0.1) is 11.3 Å². The molecule has 3 aliphatic carbocycles. The summed E-state index contributed by atoms with van der Waals surface area (Å²) in [4.78, 5) is 55.9. The Bertz CT molecular complexity index is 1850. The van der Waals surface area contributed by atoms with E-state index in [0.29, 0.717) is 31.6 Å². The lowest BCUT2D eigenvalue weighted by molar-refractivity contribution is -0.145. The van der Waals surface area contributed by atoms with Gasteiger partial charge in [0, 0.05) is 23.5 Å². The fourth-order valence-corrected chi connectivity index (χ4v) is 8.57. The highest BCUT2D eigenvalue weighted by molar-refractivity contribution is 7.91. The molecular formula is C41H53N5O7S. The van der Waals surface area contributed by atoms with Crippen molar-refractivity contribution in [2.24, 2.45) is 16.5 Å². The first-order valence-electron chi connectivity index (χ1n) is 19.0. The first kappa shape index (κ1) is 39.4. The van der Waals surface area contributed by atoms with Crippen LogP contribution in [0.25, 0.3) is 11.1 Å². The molecule has 1 unspecified atom stereocenters. The maximum absolute atomic E-state index is 14.5. The third-order valence-electron chi connectivity index (χ3n) is 10.5. The van der Waals surface area contributed by atoms with Gasteiger partial charge in [0.25, 0.3) is 5.91 Å². The van der Waals surface area contributed by atoms with Gasteiger partial charge < -0.3 is 19.9 Å². The second kappa shape index (κ2) is 16.2. The van der Waals surface area contributed by atoms with E-state index in [9.17, 15) is 22.8 Å². The second-order valence-corrected chi connectivity index (χ2v) is 18.1. The summed E-state index contributed by atoms with van der Waals surface area (Å²) in [6, 6.07) is 14.1. The highest BCUT2D eigenvalue weighted by Gasteiger charge is 2.62. The Kier molecular flexibility index (Phi) is 11.8.